The van der Waals surface area contributed by atoms with Gasteiger partial charge < -0.3 is 14.6 Å². The molecule has 0 amide bonds. The van der Waals surface area contributed by atoms with Gasteiger partial charge in [0.25, 0.3) is 0 Å². The molecule has 2 heterocycles. The molecule has 1 unspecified atom stereocenters. The van der Waals surface area contributed by atoms with E-state index < -0.39 is 0 Å². The maximum absolute atomic E-state index is 5.89. The van der Waals surface area contributed by atoms with Crippen molar-refractivity contribution in [3.8, 4) is 17.1 Å². The average Bonchev–Trinajstić information content (AvgIpc) is 3.01. The van der Waals surface area contributed by atoms with Gasteiger partial charge in [-0.3, -0.25) is 0 Å². The molecule has 124 valence electrons. The minimum Gasteiger partial charge on any atom is -0.490 e. The molecule has 23 heavy (non-hydrogen) atoms. The Morgan fingerprint density at radius 2 is 2.00 bits per heavy atom. The maximum atomic E-state index is 5.89. The molecule has 0 spiro atoms. The SMILES string of the molecule is Cc1cc(-c2noc(C3CCCNC3)n2)cc(C)c1OC(C)C. The van der Waals surface area contributed by atoms with Crippen molar-refractivity contribution in [2.75, 3.05) is 13.1 Å². The summed E-state index contributed by atoms with van der Waals surface area (Å²) >= 11 is 0. The summed E-state index contributed by atoms with van der Waals surface area (Å²) in [5.41, 5.74) is 3.17. The Kier molecular flexibility index (Phi) is 4.66. The molecule has 1 N–H and O–H groups in total. The summed E-state index contributed by atoms with van der Waals surface area (Å²) in [6, 6.07) is 4.14. The lowest BCUT2D eigenvalue weighted by molar-refractivity contribution is 0.239. The monoisotopic (exact) mass is 315 g/mol. The first-order valence-electron chi connectivity index (χ1n) is 8.37. The highest BCUT2D eigenvalue weighted by molar-refractivity contribution is 5.61. The Morgan fingerprint density at radius 3 is 2.61 bits per heavy atom. The van der Waals surface area contributed by atoms with E-state index in [0.717, 1.165) is 54.3 Å². The normalized spacial score (nSPS) is 18.4. The van der Waals surface area contributed by atoms with Crippen LogP contribution in [0.4, 0.5) is 0 Å². The lowest BCUT2D eigenvalue weighted by Gasteiger charge is -2.18. The number of ether oxygens (including phenoxy) is 1. The van der Waals surface area contributed by atoms with E-state index in [2.05, 4.69) is 41.4 Å². The summed E-state index contributed by atoms with van der Waals surface area (Å²) < 4.78 is 11.4. The number of rotatable bonds is 4. The van der Waals surface area contributed by atoms with Crippen LogP contribution in [-0.2, 0) is 0 Å². The summed E-state index contributed by atoms with van der Waals surface area (Å²) in [5, 5.41) is 7.56. The van der Waals surface area contributed by atoms with Gasteiger partial charge in [0.2, 0.25) is 11.7 Å². The Morgan fingerprint density at radius 1 is 1.26 bits per heavy atom. The molecule has 5 heteroatoms. The van der Waals surface area contributed by atoms with Crippen LogP contribution in [-0.4, -0.2) is 29.3 Å². The molecule has 1 aromatic heterocycles. The molecule has 1 fully saturated rings. The van der Waals surface area contributed by atoms with Gasteiger partial charge in [0, 0.05) is 12.1 Å². The van der Waals surface area contributed by atoms with Gasteiger partial charge in [0.1, 0.15) is 5.75 Å². The zero-order valence-electron chi connectivity index (χ0n) is 14.3. The first-order valence-corrected chi connectivity index (χ1v) is 8.37. The fourth-order valence-electron chi connectivity index (χ4n) is 3.08. The van der Waals surface area contributed by atoms with Crippen molar-refractivity contribution in [2.45, 2.75) is 52.6 Å². The molecule has 5 nitrogen and oxygen atoms in total. The molecule has 3 rings (SSSR count). The third kappa shape index (κ3) is 3.55. The molecule has 0 saturated carbocycles. The molecule has 1 atom stereocenters. The summed E-state index contributed by atoms with van der Waals surface area (Å²) in [6.07, 6.45) is 2.42. The minimum absolute atomic E-state index is 0.161. The van der Waals surface area contributed by atoms with E-state index in [1.54, 1.807) is 0 Å². The van der Waals surface area contributed by atoms with E-state index in [9.17, 15) is 0 Å². The molecular formula is C18H25N3O2. The first-order chi connectivity index (χ1) is 11.0. The van der Waals surface area contributed by atoms with Crippen LogP contribution in [0.25, 0.3) is 11.4 Å². The Labute approximate surface area is 137 Å². The Hall–Kier alpha value is -1.88. The molecule has 1 aromatic carbocycles. The number of piperidine rings is 1. The van der Waals surface area contributed by atoms with E-state index in [-0.39, 0.29) is 6.10 Å². The number of hydrogen-bond acceptors (Lipinski definition) is 5. The number of benzene rings is 1. The number of nitrogens with one attached hydrogen (secondary N) is 1. The minimum atomic E-state index is 0.161. The van der Waals surface area contributed by atoms with Crippen molar-refractivity contribution in [3.05, 3.63) is 29.2 Å². The highest BCUT2D eigenvalue weighted by Crippen LogP contribution is 2.31. The molecule has 0 radical (unpaired) electrons. The predicted molar refractivity (Wildman–Crippen MR) is 89.8 cm³/mol. The number of nitrogens with zero attached hydrogens (tertiary/aromatic N) is 2. The second-order valence-electron chi connectivity index (χ2n) is 6.61. The number of aryl methyl sites for hydroxylation is 2. The Balaban J connectivity index is 1.86. The van der Waals surface area contributed by atoms with Gasteiger partial charge in [-0.15, -0.1) is 0 Å². The van der Waals surface area contributed by atoms with Crippen LogP contribution in [0.5, 0.6) is 5.75 Å². The third-order valence-corrected chi connectivity index (χ3v) is 4.16. The maximum Gasteiger partial charge on any atom is 0.231 e. The molecule has 1 saturated heterocycles. The lowest BCUT2D eigenvalue weighted by atomic mass is 10.00. The van der Waals surface area contributed by atoms with Crippen LogP contribution in [0, 0.1) is 13.8 Å². The van der Waals surface area contributed by atoms with Crippen molar-refractivity contribution < 1.29 is 9.26 Å². The van der Waals surface area contributed by atoms with Crippen LogP contribution in [0.2, 0.25) is 0 Å². The fraction of sp³-hybridized carbons (Fsp3) is 0.556. The van der Waals surface area contributed by atoms with Crippen molar-refractivity contribution in [3.63, 3.8) is 0 Å². The van der Waals surface area contributed by atoms with Crippen LogP contribution in [0.1, 0.15) is 49.6 Å². The van der Waals surface area contributed by atoms with Gasteiger partial charge in [0.15, 0.2) is 0 Å². The fourth-order valence-corrected chi connectivity index (χ4v) is 3.08. The lowest BCUT2D eigenvalue weighted by Crippen LogP contribution is -2.28. The predicted octanol–water partition coefficient (Wildman–Crippen LogP) is 3.61. The summed E-state index contributed by atoms with van der Waals surface area (Å²) in [4.78, 5) is 4.62. The molecule has 1 aliphatic heterocycles. The zero-order valence-corrected chi connectivity index (χ0v) is 14.3. The van der Waals surface area contributed by atoms with E-state index in [1.807, 2.05) is 13.8 Å². The zero-order chi connectivity index (χ0) is 16.4. The molecule has 1 aliphatic rings. The van der Waals surface area contributed by atoms with E-state index in [4.69, 9.17) is 9.26 Å². The van der Waals surface area contributed by atoms with Crippen molar-refractivity contribution in [1.29, 1.82) is 0 Å². The smallest absolute Gasteiger partial charge is 0.231 e. The highest BCUT2D eigenvalue weighted by Gasteiger charge is 2.22. The Bertz CT molecular complexity index is 650. The van der Waals surface area contributed by atoms with Crippen molar-refractivity contribution >= 4 is 0 Å². The number of aromatic nitrogens is 2. The summed E-state index contributed by atoms with van der Waals surface area (Å²) in [6.45, 7) is 10.2. The third-order valence-electron chi connectivity index (χ3n) is 4.16. The highest BCUT2D eigenvalue weighted by atomic mass is 16.5. The summed E-state index contributed by atoms with van der Waals surface area (Å²) in [5.74, 6) is 2.68. The summed E-state index contributed by atoms with van der Waals surface area (Å²) in [7, 11) is 0. The van der Waals surface area contributed by atoms with E-state index >= 15 is 0 Å². The van der Waals surface area contributed by atoms with Gasteiger partial charge in [-0.05, 0) is 70.3 Å². The standard InChI is InChI=1S/C18H25N3O2/c1-11(2)22-16-12(3)8-15(9-13(16)4)17-20-18(23-21-17)14-6-5-7-19-10-14/h8-9,11,14,19H,5-7,10H2,1-4H3. The first kappa shape index (κ1) is 16.0. The number of hydrogen-bond donors (Lipinski definition) is 1. The van der Waals surface area contributed by atoms with E-state index in [1.165, 1.54) is 0 Å². The molecule has 2 aromatic rings. The molecular weight excluding hydrogens is 290 g/mol. The second kappa shape index (κ2) is 6.71. The van der Waals surface area contributed by atoms with Crippen LogP contribution >= 0.6 is 0 Å². The molecule has 0 aliphatic carbocycles. The van der Waals surface area contributed by atoms with E-state index in [0.29, 0.717) is 11.7 Å². The van der Waals surface area contributed by atoms with Crippen LogP contribution < -0.4 is 10.1 Å². The van der Waals surface area contributed by atoms with Gasteiger partial charge >= 0.3 is 0 Å². The van der Waals surface area contributed by atoms with Gasteiger partial charge in [0.05, 0.1) is 12.0 Å². The molecule has 0 bridgehead atoms. The topological polar surface area (TPSA) is 60.2 Å². The second-order valence-corrected chi connectivity index (χ2v) is 6.61. The van der Waals surface area contributed by atoms with Gasteiger partial charge in [-0.25, -0.2) is 0 Å². The van der Waals surface area contributed by atoms with Crippen LogP contribution in [0.15, 0.2) is 16.7 Å². The van der Waals surface area contributed by atoms with Crippen molar-refractivity contribution in [1.82, 2.24) is 15.5 Å². The van der Waals surface area contributed by atoms with Crippen LogP contribution in [0.3, 0.4) is 0 Å². The quantitative estimate of drug-likeness (QED) is 0.934. The van der Waals surface area contributed by atoms with Gasteiger partial charge in [-0.2, -0.15) is 4.98 Å². The van der Waals surface area contributed by atoms with Crippen molar-refractivity contribution in [2.24, 2.45) is 0 Å². The average molecular weight is 315 g/mol. The largest absolute Gasteiger partial charge is 0.490 e. The van der Waals surface area contributed by atoms with Gasteiger partial charge in [-0.1, -0.05) is 5.16 Å².